The molecule has 1 atom stereocenters. The van der Waals surface area contributed by atoms with Crippen LogP contribution in [-0.4, -0.2) is 46.0 Å². The first kappa shape index (κ1) is 23.3. The largest absolute Gasteiger partial charge is 0.481 e. The van der Waals surface area contributed by atoms with Gasteiger partial charge in [-0.1, -0.05) is 30.3 Å². The van der Waals surface area contributed by atoms with Crippen LogP contribution in [0.2, 0.25) is 0 Å². The zero-order valence-corrected chi connectivity index (χ0v) is 18.7. The molecule has 1 aliphatic rings. The van der Waals surface area contributed by atoms with E-state index in [1.165, 1.54) is 30.3 Å². The number of nitrogens with zero attached hydrogens (tertiary/aromatic N) is 1. The zero-order valence-electron chi connectivity index (χ0n) is 18.7. The fraction of sp³-hybridized carbons (Fsp3) is 0.185. The number of fused-ring (bicyclic) bond motifs is 4. The molecule has 5 rings (SSSR count). The predicted molar refractivity (Wildman–Crippen MR) is 125 cm³/mol. The number of carbonyl (C=O) groups is 4. The van der Waals surface area contributed by atoms with Gasteiger partial charge in [0, 0.05) is 22.9 Å². The fourth-order valence-electron chi connectivity index (χ4n) is 4.57. The molecule has 0 spiro atoms. The molecule has 9 heteroatoms. The summed E-state index contributed by atoms with van der Waals surface area (Å²) in [5, 5.41) is 10.6. The second-order valence-corrected chi connectivity index (χ2v) is 8.60. The molecule has 1 N–H and O–H groups in total. The maximum atomic E-state index is 15.2. The average molecular weight is 491 g/mol. The van der Waals surface area contributed by atoms with E-state index >= 15 is 8.78 Å². The maximum Gasteiger partial charge on any atom is 0.322 e. The van der Waals surface area contributed by atoms with Crippen molar-refractivity contribution < 1.29 is 37.5 Å². The van der Waals surface area contributed by atoms with Gasteiger partial charge in [0.15, 0.2) is 0 Å². The van der Waals surface area contributed by atoms with Crippen LogP contribution in [0.1, 0.15) is 43.9 Å². The zero-order chi connectivity index (χ0) is 25.6. The first-order valence-electron chi connectivity index (χ1n) is 11.2. The normalized spacial score (nSPS) is 14.4. The summed E-state index contributed by atoms with van der Waals surface area (Å²) in [6.07, 6.45) is -0.824. The van der Waals surface area contributed by atoms with Crippen LogP contribution >= 0.6 is 0 Å². The van der Waals surface area contributed by atoms with E-state index in [1.807, 2.05) is 0 Å². The molecule has 0 aliphatic carbocycles. The van der Waals surface area contributed by atoms with Gasteiger partial charge in [-0.3, -0.25) is 24.1 Å². The molecule has 2 heterocycles. The number of alkyl halides is 2. The number of hydrogen-bond acceptors (Lipinski definition) is 5. The molecule has 182 valence electrons. The van der Waals surface area contributed by atoms with Gasteiger partial charge in [-0.25, -0.2) is 0 Å². The molecular formula is C27H19F2NO6. The topological polar surface area (TPSA) is 105 Å². The molecule has 0 saturated heterocycles. The minimum absolute atomic E-state index is 0.208. The average Bonchev–Trinajstić information content (AvgIpc) is 3.35. The Balaban J connectivity index is 1.34. The molecule has 0 bridgehead atoms. The highest BCUT2D eigenvalue weighted by Gasteiger charge is 2.51. The van der Waals surface area contributed by atoms with Crippen molar-refractivity contribution in [2.45, 2.75) is 18.8 Å². The second kappa shape index (κ2) is 8.67. The van der Waals surface area contributed by atoms with Crippen molar-refractivity contribution in [2.24, 2.45) is 5.92 Å². The van der Waals surface area contributed by atoms with Crippen LogP contribution in [0.5, 0.6) is 0 Å². The lowest BCUT2D eigenvalue weighted by atomic mass is 9.89. The standard InChI is InChI=1S/C27H19F2NO6/c28-27(29,23(31)15-11-12-22-19(14-15)16-6-3-4-10-21(16)36-22)20(26(34)35)9-5-13-30-24(32)17-7-1-2-8-18(17)25(30)33/h1-4,6-8,10-12,14,20H,5,9,13H2,(H,34,35). The van der Waals surface area contributed by atoms with Gasteiger partial charge in [-0.05, 0) is 49.2 Å². The third-order valence-electron chi connectivity index (χ3n) is 6.43. The lowest BCUT2D eigenvalue weighted by molar-refractivity contribution is -0.152. The van der Waals surface area contributed by atoms with Gasteiger partial charge in [-0.15, -0.1) is 0 Å². The molecule has 1 aliphatic heterocycles. The van der Waals surface area contributed by atoms with Gasteiger partial charge in [0.25, 0.3) is 11.8 Å². The van der Waals surface area contributed by atoms with Crippen molar-refractivity contribution in [3.05, 3.63) is 83.4 Å². The van der Waals surface area contributed by atoms with Gasteiger partial charge >= 0.3 is 11.9 Å². The van der Waals surface area contributed by atoms with Crippen molar-refractivity contribution in [1.82, 2.24) is 4.90 Å². The van der Waals surface area contributed by atoms with E-state index < -0.39 is 41.8 Å². The Bertz CT molecular complexity index is 1520. The number of rotatable bonds is 8. The molecule has 2 amide bonds. The van der Waals surface area contributed by atoms with E-state index in [9.17, 15) is 24.3 Å². The highest BCUT2D eigenvalue weighted by Crippen LogP contribution is 2.35. The van der Waals surface area contributed by atoms with Gasteiger partial charge in [0.1, 0.15) is 17.1 Å². The van der Waals surface area contributed by atoms with E-state index in [-0.39, 0.29) is 29.7 Å². The molecule has 7 nitrogen and oxygen atoms in total. The molecule has 0 fully saturated rings. The number of aliphatic carboxylic acids is 1. The number of carbonyl (C=O) groups excluding carboxylic acids is 3. The van der Waals surface area contributed by atoms with Gasteiger partial charge in [0.05, 0.1) is 11.1 Å². The Kier molecular flexibility index (Phi) is 5.62. The highest BCUT2D eigenvalue weighted by molar-refractivity contribution is 6.21. The van der Waals surface area contributed by atoms with Crippen LogP contribution in [0.4, 0.5) is 8.78 Å². The molecule has 36 heavy (non-hydrogen) atoms. The summed E-state index contributed by atoms with van der Waals surface area (Å²) in [7, 11) is 0. The van der Waals surface area contributed by atoms with Gasteiger partial charge in [0.2, 0.25) is 5.78 Å². The van der Waals surface area contributed by atoms with Crippen molar-refractivity contribution in [2.75, 3.05) is 6.54 Å². The number of furan rings is 1. The minimum Gasteiger partial charge on any atom is -0.481 e. The minimum atomic E-state index is -4.22. The highest BCUT2D eigenvalue weighted by atomic mass is 19.3. The number of halogens is 2. The number of para-hydroxylation sites is 1. The van der Waals surface area contributed by atoms with Crippen LogP contribution in [-0.2, 0) is 4.79 Å². The van der Waals surface area contributed by atoms with Crippen LogP contribution in [0.25, 0.3) is 21.9 Å². The number of carboxylic acid groups (broad SMARTS) is 1. The summed E-state index contributed by atoms with van der Waals surface area (Å²) in [5.74, 6) is -11.1. The van der Waals surface area contributed by atoms with Crippen LogP contribution in [0, 0.1) is 5.92 Å². The molecule has 3 aromatic carbocycles. The first-order chi connectivity index (χ1) is 17.2. The lowest BCUT2D eigenvalue weighted by Gasteiger charge is -2.23. The van der Waals surface area contributed by atoms with E-state index in [4.69, 9.17) is 4.42 Å². The van der Waals surface area contributed by atoms with Crippen LogP contribution in [0.3, 0.4) is 0 Å². The molecule has 0 saturated carbocycles. The number of benzene rings is 3. The molecular weight excluding hydrogens is 472 g/mol. The molecule has 1 aromatic heterocycles. The SMILES string of the molecule is O=C(O)C(CCCN1C(=O)c2ccccc2C1=O)C(F)(F)C(=O)c1ccc2oc3ccccc3c2c1. The molecule has 4 aromatic rings. The van der Waals surface area contributed by atoms with Crippen molar-refractivity contribution in [3.8, 4) is 0 Å². The Morgan fingerprint density at radius 2 is 1.50 bits per heavy atom. The van der Waals surface area contributed by atoms with E-state index in [1.54, 1.807) is 36.4 Å². The third kappa shape index (κ3) is 3.73. The van der Waals surface area contributed by atoms with E-state index in [2.05, 4.69) is 0 Å². The summed E-state index contributed by atoms with van der Waals surface area (Å²) in [6, 6.07) is 17.0. The van der Waals surface area contributed by atoms with Crippen LogP contribution < -0.4 is 0 Å². The fourth-order valence-corrected chi connectivity index (χ4v) is 4.57. The predicted octanol–water partition coefficient (Wildman–Crippen LogP) is 5.18. The first-order valence-corrected chi connectivity index (χ1v) is 11.2. The lowest BCUT2D eigenvalue weighted by Crippen LogP contribution is -2.42. The number of carboxylic acids is 1. The number of amides is 2. The third-order valence-corrected chi connectivity index (χ3v) is 6.43. The Morgan fingerprint density at radius 1 is 0.889 bits per heavy atom. The van der Waals surface area contributed by atoms with Crippen LogP contribution in [0.15, 0.2) is 71.1 Å². The monoisotopic (exact) mass is 491 g/mol. The summed E-state index contributed by atoms with van der Waals surface area (Å²) in [5.41, 5.74) is 1.01. The van der Waals surface area contributed by atoms with E-state index in [0.717, 1.165) is 4.90 Å². The van der Waals surface area contributed by atoms with E-state index in [0.29, 0.717) is 21.9 Å². The number of Topliss-reactive ketones (excluding diaryl/α,β-unsaturated/α-hetero) is 1. The quantitative estimate of drug-likeness (QED) is 0.269. The number of imide groups is 1. The summed E-state index contributed by atoms with van der Waals surface area (Å²) >= 11 is 0. The Labute approximate surface area is 202 Å². The second-order valence-electron chi connectivity index (χ2n) is 8.60. The summed E-state index contributed by atoms with van der Waals surface area (Å²) in [4.78, 5) is 50.4. The summed E-state index contributed by atoms with van der Waals surface area (Å²) < 4.78 is 36.1. The Morgan fingerprint density at radius 3 is 2.17 bits per heavy atom. The van der Waals surface area contributed by atoms with Gasteiger partial charge in [-0.2, -0.15) is 8.78 Å². The molecule has 0 radical (unpaired) electrons. The smallest absolute Gasteiger partial charge is 0.322 e. The van der Waals surface area contributed by atoms with Crippen molar-refractivity contribution in [1.29, 1.82) is 0 Å². The van der Waals surface area contributed by atoms with Crippen molar-refractivity contribution >= 4 is 45.5 Å². The maximum absolute atomic E-state index is 15.2. The van der Waals surface area contributed by atoms with Crippen molar-refractivity contribution in [3.63, 3.8) is 0 Å². The summed E-state index contributed by atoms with van der Waals surface area (Å²) in [6.45, 7) is -0.243. The Hall–Kier alpha value is -4.40. The van der Waals surface area contributed by atoms with Gasteiger partial charge < -0.3 is 9.52 Å². The number of ketones is 1. The molecule has 1 unspecified atom stereocenters. The number of hydrogen-bond donors (Lipinski definition) is 1.